The SMILES string of the molecule is CSCC(N)c1ccc2c(c1)NC(=O)C(C)S2. The topological polar surface area (TPSA) is 55.1 Å². The molecule has 0 saturated carbocycles. The lowest BCUT2D eigenvalue weighted by Crippen LogP contribution is -2.26. The zero-order chi connectivity index (χ0) is 12.4. The van der Waals surface area contributed by atoms with Gasteiger partial charge >= 0.3 is 0 Å². The van der Waals surface area contributed by atoms with Crippen molar-refractivity contribution in [2.24, 2.45) is 5.73 Å². The van der Waals surface area contributed by atoms with Crippen molar-refractivity contribution in [2.45, 2.75) is 23.1 Å². The predicted octanol–water partition coefficient (Wildman–Crippen LogP) is 2.48. The number of amides is 1. The van der Waals surface area contributed by atoms with Crippen molar-refractivity contribution < 1.29 is 4.79 Å². The molecule has 0 fully saturated rings. The zero-order valence-corrected chi connectivity index (χ0v) is 11.5. The van der Waals surface area contributed by atoms with Crippen LogP contribution in [0.25, 0.3) is 0 Å². The maximum Gasteiger partial charge on any atom is 0.237 e. The van der Waals surface area contributed by atoms with Crippen LogP contribution in [-0.4, -0.2) is 23.2 Å². The number of nitrogens with one attached hydrogen (secondary N) is 1. The van der Waals surface area contributed by atoms with E-state index in [1.807, 2.05) is 25.3 Å². The number of nitrogens with two attached hydrogens (primary N) is 1. The van der Waals surface area contributed by atoms with E-state index in [0.717, 1.165) is 21.9 Å². The number of anilines is 1. The Morgan fingerprint density at radius 2 is 2.35 bits per heavy atom. The molecular formula is C12H16N2OS2. The third-order valence-corrected chi connectivity index (χ3v) is 4.58. The van der Waals surface area contributed by atoms with Gasteiger partial charge in [-0.05, 0) is 30.9 Å². The zero-order valence-electron chi connectivity index (χ0n) is 9.90. The molecule has 0 radical (unpaired) electrons. The fraction of sp³-hybridized carbons (Fsp3) is 0.417. The van der Waals surface area contributed by atoms with E-state index in [-0.39, 0.29) is 17.2 Å². The molecule has 17 heavy (non-hydrogen) atoms. The van der Waals surface area contributed by atoms with Crippen molar-refractivity contribution in [3.8, 4) is 0 Å². The summed E-state index contributed by atoms with van der Waals surface area (Å²) in [6.07, 6.45) is 2.04. The van der Waals surface area contributed by atoms with Crippen LogP contribution in [0.2, 0.25) is 0 Å². The van der Waals surface area contributed by atoms with Crippen LogP contribution in [0.1, 0.15) is 18.5 Å². The standard InChI is InChI=1S/C12H16N2OS2/c1-7-12(15)14-10-5-8(9(13)6-16-2)3-4-11(10)17-7/h3-5,7,9H,6,13H2,1-2H3,(H,14,15). The van der Waals surface area contributed by atoms with Crippen LogP contribution in [0.15, 0.2) is 23.1 Å². The Balaban J connectivity index is 2.25. The molecule has 0 aromatic heterocycles. The van der Waals surface area contributed by atoms with Gasteiger partial charge in [-0.2, -0.15) is 11.8 Å². The number of hydrogen-bond donors (Lipinski definition) is 2. The van der Waals surface area contributed by atoms with Crippen molar-refractivity contribution in [3.63, 3.8) is 0 Å². The molecule has 5 heteroatoms. The summed E-state index contributed by atoms with van der Waals surface area (Å²) in [6, 6.07) is 6.12. The minimum atomic E-state index is -0.0202. The first-order valence-corrected chi connectivity index (χ1v) is 7.75. The fourth-order valence-corrected chi connectivity index (χ4v) is 3.21. The van der Waals surface area contributed by atoms with Crippen LogP contribution in [0.3, 0.4) is 0 Å². The Morgan fingerprint density at radius 3 is 3.06 bits per heavy atom. The third kappa shape index (κ3) is 2.78. The predicted molar refractivity (Wildman–Crippen MR) is 75.7 cm³/mol. The molecule has 0 spiro atoms. The number of carbonyl (C=O) groups excluding carboxylic acids is 1. The first-order valence-electron chi connectivity index (χ1n) is 5.48. The molecule has 1 aliphatic heterocycles. The van der Waals surface area contributed by atoms with Gasteiger partial charge in [-0.25, -0.2) is 0 Å². The number of rotatable bonds is 3. The van der Waals surface area contributed by atoms with Gasteiger partial charge in [0.05, 0.1) is 10.9 Å². The Kier molecular flexibility index (Phi) is 4.01. The average Bonchev–Trinajstić information content (AvgIpc) is 2.30. The second-order valence-electron chi connectivity index (χ2n) is 4.07. The molecule has 1 amide bonds. The van der Waals surface area contributed by atoms with E-state index in [2.05, 4.69) is 11.4 Å². The molecular weight excluding hydrogens is 252 g/mol. The van der Waals surface area contributed by atoms with Gasteiger partial charge in [0.15, 0.2) is 0 Å². The summed E-state index contributed by atoms with van der Waals surface area (Å²) in [5.41, 5.74) is 8.03. The average molecular weight is 268 g/mol. The van der Waals surface area contributed by atoms with Gasteiger partial charge in [-0.1, -0.05) is 6.07 Å². The van der Waals surface area contributed by atoms with Gasteiger partial charge in [0, 0.05) is 16.7 Å². The highest BCUT2D eigenvalue weighted by Crippen LogP contribution is 2.36. The summed E-state index contributed by atoms with van der Waals surface area (Å²) in [6.45, 7) is 1.91. The Hall–Kier alpha value is -0.650. The number of fused-ring (bicyclic) bond motifs is 1. The van der Waals surface area contributed by atoms with Crippen LogP contribution in [-0.2, 0) is 4.79 Å². The maximum absolute atomic E-state index is 11.6. The highest BCUT2D eigenvalue weighted by Gasteiger charge is 2.23. The van der Waals surface area contributed by atoms with E-state index in [0.29, 0.717) is 0 Å². The van der Waals surface area contributed by atoms with Crippen LogP contribution in [0.5, 0.6) is 0 Å². The minimum Gasteiger partial charge on any atom is -0.324 e. The molecule has 1 aliphatic rings. The van der Waals surface area contributed by atoms with Crippen molar-refractivity contribution in [1.29, 1.82) is 0 Å². The molecule has 92 valence electrons. The normalized spacial score (nSPS) is 20.6. The lowest BCUT2D eigenvalue weighted by Gasteiger charge is -2.22. The van der Waals surface area contributed by atoms with Crippen LogP contribution >= 0.6 is 23.5 Å². The molecule has 2 unspecified atom stereocenters. The van der Waals surface area contributed by atoms with Gasteiger partial charge in [0.2, 0.25) is 5.91 Å². The van der Waals surface area contributed by atoms with Crippen LogP contribution in [0, 0.1) is 0 Å². The number of hydrogen-bond acceptors (Lipinski definition) is 4. The summed E-state index contributed by atoms with van der Waals surface area (Å²) in [4.78, 5) is 12.7. The van der Waals surface area contributed by atoms with Crippen molar-refractivity contribution in [3.05, 3.63) is 23.8 Å². The highest BCUT2D eigenvalue weighted by molar-refractivity contribution is 8.01. The van der Waals surface area contributed by atoms with E-state index >= 15 is 0 Å². The first-order chi connectivity index (χ1) is 8.11. The first kappa shape index (κ1) is 12.8. The van der Waals surface area contributed by atoms with Gasteiger partial charge in [0.1, 0.15) is 0 Å². The molecule has 2 rings (SSSR count). The Bertz CT molecular complexity index is 437. The summed E-state index contributed by atoms with van der Waals surface area (Å²) in [7, 11) is 0. The van der Waals surface area contributed by atoms with E-state index < -0.39 is 0 Å². The molecule has 3 N–H and O–H groups in total. The molecule has 0 saturated heterocycles. The van der Waals surface area contributed by atoms with Crippen LogP contribution < -0.4 is 11.1 Å². The van der Waals surface area contributed by atoms with Crippen LogP contribution in [0.4, 0.5) is 5.69 Å². The molecule has 1 aromatic carbocycles. The third-order valence-electron chi connectivity index (χ3n) is 2.71. The molecule has 1 aromatic rings. The highest BCUT2D eigenvalue weighted by atomic mass is 32.2. The Labute approximate surface area is 110 Å². The molecule has 0 bridgehead atoms. The summed E-state index contributed by atoms with van der Waals surface area (Å²) >= 11 is 3.32. The lowest BCUT2D eigenvalue weighted by atomic mass is 10.1. The van der Waals surface area contributed by atoms with E-state index in [1.54, 1.807) is 23.5 Å². The summed E-state index contributed by atoms with van der Waals surface area (Å²) < 4.78 is 0. The number of thioether (sulfide) groups is 2. The van der Waals surface area contributed by atoms with Gasteiger partial charge in [-0.15, -0.1) is 11.8 Å². The molecule has 3 nitrogen and oxygen atoms in total. The monoisotopic (exact) mass is 268 g/mol. The minimum absolute atomic E-state index is 0.0202. The van der Waals surface area contributed by atoms with Gasteiger partial charge < -0.3 is 11.1 Å². The summed E-state index contributed by atoms with van der Waals surface area (Å²) in [5.74, 6) is 0.953. The van der Waals surface area contributed by atoms with E-state index in [4.69, 9.17) is 5.73 Å². The Morgan fingerprint density at radius 1 is 1.59 bits per heavy atom. The molecule has 0 aliphatic carbocycles. The van der Waals surface area contributed by atoms with Gasteiger partial charge in [0.25, 0.3) is 0 Å². The maximum atomic E-state index is 11.6. The molecule has 1 heterocycles. The number of benzene rings is 1. The van der Waals surface area contributed by atoms with Crippen molar-refractivity contribution >= 4 is 35.1 Å². The van der Waals surface area contributed by atoms with E-state index in [1.165, 1.54) is 0 Å². The quantitative estimate of drug-likeness (QED) is 0.884. The van der Waals surface area contributed by atoms with Gasteiger partial charge in [-0.3, -0.25) is 4.79 Å². The fourth-order valence-electron chi connectivity index (χ4n) is 1.73. The smallest absolute Gasteiger partial charge is 0.237 e. The largest absolute Gasteiger partial charge is 0.324 e. The van der Waals surface area contributed by atoms with E-state index in [9.17, 15) is 4.79 Å². The van der Waals surface area contributed by atoms with Crippen molar-refractivity contribution in [2.75, 3.05) is 17.3 Å². The second-order valence-corrected chi connectivity index (χ2v) is 6.36. The lowest BCUT2D eigenvalue weighted by molar-refractivity contribution is -0.115. The van der Waals surface area contributed by atoms with Crippen molar-refractivity contribution in [1.82, 2.24) is 0 Å². The second kappa shape index (κ2) is 5.33. The molecule has 2 atom stereocenters. The number of carbonyl (C=O) groups is 1. The summed E-state index contributed by atoms with van der Waals surface area (Å²) in [5, 5.41) is 2.90.